The van der Waals surface area contributed by atoms with Gasteiger partial charge in [0.05, 0.1) is 28.4 Å². The molecule has 3 aliphatic carbocycles. The molecule has 5 atom stereocenters. The summed E-state index contributed by atoms with van der Waals surface area (Å²) in [5.41, 5.74) is 1.12. The van der Waals surface area contributed by atoms with Crippen molar-refractivity contribution in [1.82, 2.24) is 9.80 Å². The third kappa shape index (κ3) is 3.69. The highest BCUT2D eigenvalue weighted by Gasteiger charge is 2.73. The van der Waals surface area contributed by atoms with Crippen LogP contribution in [0, 0.1) is 16.0 Å². The third-order valence-electron chi connectivity index (χ3n) is 10.1. The van der Waals surface area contributed by atoms with Gasteiger partial charge in [0.25, 0.3) is 5.69 Å². The Morgan fingerprint density at radius 3 is 2.62 bits per heavy atom. The molecule has 1 amide bonds. The maximum Gasteiger partial charge on any atom is 0.269 e. The van der Waals surface area contributed by atoms with Gasteiger partial charge in [-0.05, 0) is 68.2 Å². The number of carbonyl (C=O) groups excluding carboxylic acids is 1. The number of nitro groups is 1. The van der Waals surface area contributed by atoms with Gasteiger partial charge in [-0.25, -0.2) is 0 Å². The number of nitrogens with zero attached hydrogens (tertiary/aromatic N) is 3. The summed E-state index contributed by atoms with van der Waals surface area (Å²) in [5.74, 6) is 1.18. The highest BCUT2D eigenvalue weighted by atomic mass is 35.5. The van der Waals surface area contributed by atoms with Gasteiger partial charge in [-0.15, -0.1) is 12.4 Å². The number of likely N-dealkylation sites (tertiary alicyclic amines) is 1. The van der Waals surface area contributed by atoms with Crippen molar-refractivity contribution in [3.8, 4) is 11.5 Å². The number of halogens is 1. The fourth-order valence-electron chi connectivity index (χ4n) is 8.07. The first kappa shape index (κ1) is 26.3. The van der Waals surface area contributed by atoms with Crippen molar-refractivity contribution < 1.29 is 24.7 Å². The second-order valence-corrected chi connectivity index (χ2v) is 12.0. The number of carbonyl (C=O) groups is 1. The lowest BCUT2D eigenvalue weighted by atomic mass is 9.48. The molecule has 0 radical (unpaired) electrons. The quantitative estimate of drug-likeness (QED) is 0.415. The summed E-state index contributed by atoms with van der Waals surface area (Å²) in [7, 11) is 1.79. The van der Waals surface area contributed by atoms with E-state index in [2.05, 4.69) is 4.90 Å². The summed E-state index contributed by atoms with van der Waals surface area (Å²) < 4.78 is 6.58. The lowest BCUT2D eigenvalue weighted by Gasteiger charge is -2.64. The first-order valence-corrected chi connectivity index (χ1v) is 13.7. The Kier molecular flexibility index (Phi) is 6.13. The monoisotopic (exact) mass is 555 g/mol. The Labute approximate surface area is 233 Å². The van der Waals surface area contributed by atoms with Crippen LogP contribution in [0.4, 0.5) is 5.69 Å². The van der Waals surface area contributed by atoms with Gasteiger partial charge in [-0.1, -0.05) is 18.2 Å². The molecule has 2 aliphatic heterocycles. The summed E-state index contributed by atoms with van der Waals surface area (Å²) in [4.78, 5) is 28.2. The minimum absolute atomic E-state index is 0. The Bertz CT molecular complexity index is 1330. The normalized spacial score (nSPS) is 32.0. The van der Waals surface area contributed by atoms with Gasteiger partial charge in [0.2, 0.25) is 5.91 Å². The second kappa shape index (κ2) is 9.08. The Morgan fingerprint density at radius 2 is 1.92 bits per heavy atom. The average molecular weight is 556 g/mol. The van der Waals surface area contributed by atoms with Gasteiger partial charge in [-0.2, -0.15) is 0 Å². The summed E-state index contributed by atoms with van der Waals surface area (Å²) in [5, 5.41) is 34.4. The van der Waals surface area contributed by atoms with Crippen LogP contribution in [-0.2, 0) is 23.1 Å². The van der Waals surface area contributed by atoms with Crippen LogP contribution >= 0.6 is 12.4 Å². The Morgan fingerprint density at radius 1 is 1.18 bits per heavy atom. The van der Waals surface area contributed by atoms with Gasteiger partial charge in [0, 0.05) is 37.3 Å². The molecular weight excluding hydrogens is 522 g/mol. The van der Waals surface area contributed by atoms with Gasteiger partial charge in [0.15, 0.2) is 11.5 Å². The summed E-state index contributed by atoms with van der Waals surface area (Å²) in [6, 6.07) is 9.49. The number of rotatable bonds is 6. The van der Waals surface area contributed by atoms with Crippen LogP contribution in [-0.4, -0.2) is 74.8 Å². The number of hydrogen-bond acceptors (Lipinski definition) is 7. The third-order valence-corrected chi connectivity index (χ3v) is 10.1. The van der Waals surface area contributed by atoms with Crippen molar-refractivity contribution in [3.05, 3.63) is 63.2 Å². The summed E-state index contributed by atoms with van der Waals surface area (Å²) in [6.07, 6.45) is 4.81. The van der Waals surface area contributed by atoms with Crippen molar-refractivity contribution in [1.29, 1.82) is 0 Å². The van der Waals surface area contributed by atoms with E-state index in [0.717, 1.165) is 43.0 Å². The molecule has 3 fully saturated rings. The zero-order valence-electron chi connectivity index (χ0n) is 21.9. The number of likely N-dealkylation sites (N-methyl/N-ethyl adjacent to an activating group) is 1. The molecule has 1 saturated heterocycles. The second-order valence-electron chi connectivity index (χ2n) is 12.0. The van der Waals surface area contributed by atoms with E-state index in [9.17, 15) is 25.1 Å². The van der Waals surface area contributed by atoms with Gasteiger partial charge in [0.1, 0.15) is 6.10 Å². The standard InChI is InChI=1S/C29H33N3O6.ClH/c1-30(24(34)14-17-4-7-20(8-5-17)32(36)37)21-10-11-29(35)23-15-19-6-9-22(33)26-25(19)28(29,27(21)38-26)12-13-31(23)16-18-2-3-18;/h4-9,18,21,23,27,33,35H,2-3,10-16H2,1H3;1H/t21-,23+,27-,28-,29+;/m0./s1. The van der Waals surface area contributed by atoms with E-state index in [-0.39, 0.29) is 48.3 Å². The number of aromatic hydroxyl groups is 1. The number of phenols is 1. The van der Waals surface area contributed by atoms with Crippen molar-refractivity contribution in [2.45, 2.75) is 74.1 Å². The van der Waals surface area contributed by atoms with E-state index >= 15 is 0 Å². The maximum absolute atomic E-state index is 13.5. The number of nitro benzene ring substituents is 1. The molecule has 5 aliphatic rings. The van der Waals surface area contributed by atoms with Crippen LogP contribution in [0.3, 0.4) is 0 Å². The number of amides is 1. The van der Waals surface area contributed by atoms with Crippen LogP contribution in [0.2, 0.25) is 0 Å². The number of non-ortho nitro benzene ring substituents is 1. The molecule has 7 rings (SSSR count). The number of benzene rings is 2. The minimum atomic E-state index is -0.990. The molecule has 2 aromatic rings. The summed E-state index contributed by atoms with van der Waals surface area (Å²) in [6.45, 7) is 1.89. The van der Waals surface area contributed by atoms with E-state index in [1.807, 2.05) is 6.07 Å². The van der Waals surface area contributed by atoms with Gasteiger partial charge in [-0.3, -0.25) is 19.8 Å². The average Bonchev–Trinajstić information content (AvgIpc) is 3.64. The smallest absolute Gasteiger partial charge is 0.269 e. The largest absolute Gasteiger partial charge is 0.504 e. The first-order valence-electron chi connectivity index (χ1n) is 13.7. The Hall–Kier alpha value is -2.88. The molecule has 2 bridgehead atoms. The van der Waals surface area contributed by atoms with E-state index in [4.69, 9.17) is 4.74 Å². The highest BCUT2D eigenvalue weighted by Crippen LogP contribution is 2.66. The molecule has 208 valence electrons. The predicted molar refractivity (Wildman–Crippen MR) is 145 cm³/mol. The van der Waals surface area contributed by atoms with Crippen LogP contribution < -0.4 is 4.74 Å². The topological polar surface area (TPSA) is 116 Å². The number of aliphatic hydroxyl groups is 1. The van der Waals surface area contributed by atoms with Crippen LogP contribution in [0.1, 0.15) is 48.8 Å². The van der Waals surface area contributed by atoms with E-state index in [0.29, 0.717) is 24.2 Å². The Balaban J connectivity index is 0.00000277. The minimum Gasteiger partial charge on any atom is -0.504 e. The maximum atomic E-state index is 13.5. The predicted octanol–water partition coefficient (Wildman–Crippen LogP) is 3.36. The molecular formula is C29H34ClN3O6. The molecule has 2 N–H and O–H groups in total. The van der Waals surface area contributed by atoms with E-state index in [1.54, 1.807) is 30.1 Å². The molecule has 0 unspecified atom stereocenters. The van der Waals surface area contributed by atoms with E-state index < -0.39 is 22.0 Å². The van der Waals surface area contributed by atoms with Crippen molar-refractivity contribution in [2.75, 3.05) is 20.1 Å². The van der Waals surface area contributed by atoms with Crippen LogP contribution in [0.15, 0.2) is 36.4 Å². The van der Waals surface area contributed by atoms with Crippen molar-refractivity contribution >= 4 is 24.0 Å². The number of phenolic OH excluding ortho intramolecular Hbond substituents is 1. The zero-order chi connectivity index (χ0) is 26.4. The molecule has 2 heterocycles. The van der Waals surface area contributed by atoms with Crippen molar-refractivity contribution in [3.63, 3.8) is 0 Å². The van der Waals surface area contributed by atoms with Crippen molar-refractivity contribution in [2.24, 2.45) is 5.92 Å². The number of hydrogen-bond donors (Lipinski definition) is 2. The SMILES string of the molecule is CN(C(=O)Cc1ccc([N+](=O)[O-])cc1)[C@H]1CC[C@@]2(O)[C@H]3Cc4ccc(O)c5c4[C@@]2(CCN3CC2CC2)[C@H]1O5.Cl. The lowest BCUT2D eigenvalue weighted by Crippen LogP contribution is -2.78. The molecule has 1 spiro atoms. The molecule has 10 heteroatoms. The number of ether oxygens (including phenoxy) is 1. The molecule has 39 heavy (non-hydrogen) atoms. The van der Waals surface area contributed by atoms with Gasteiger partial charge >= 0.3 is 0 Å². The fraction of sp³-hybridized carbons (Fsp3) is 0.552. The zero-order valence-corrected chi connectivity index (χ0v) is 22.7. The van der Waals surface area contributed by atoms with Crippen LogP contribution in [0.25, 0.3) is 0 Å². The van der Waals surface area contributed by atoms with Crippen LogP contribution in [0.5, 0.6) is 11.5 Å². The molecule has 2 saturated carbocycles. The van der Waals surface area contributed by atoms with Gasteiger partial charge < -0.3 is 19.8 Å². The molecule has 2 aromatic carbocycles. The highest BCUT2D eigenvalue weighted by molar-refractivity contribution is 5.85. The molecule has 9 nitrogen and oxygen atoms in total. The fourth-order valence-corrected chi connectivity index (χ4v) is 8.07. The van der Waals surface area contributed by atoms with E-state index in [1.165, 1.54) is 25.0 Å². The lowest BCUT2D eigenvalue weighted by molar-refractivity contribution is -0.384. The first-order chi connectivity index (χ1) is 18.2. The molecule has 0 aromatic heterocycles. The summed E-state index contributed by atoms with van der Waals surface area (Å²) >= 11 is 0. The number of piperidine rings is 1.